The van der Waals surface area contributed by atoms with Crippen molar-refractivity contribution in [1.29, 1.82) is 0 Å². The van der Waals surface area contributed by atoms with E-state index in [1.54, 1.807) is 6.20 Å². The lowest BCUT2D eigenvalue weighted by atomic mass is 10.2. The molecule has 1 aliphatic rings. The van der Waals surface area contributed by atoms with Crippen molar-refractivity contribution in [3.05, 3.63) is 22.2 Å². The van der Waals surface area contributed by atoms with Gasteiger partial charge in [-0.1, -0.05) is 0 Å². The first kappa shape index (κ1) is 9.77. The maximum Gasteiger partial charge on any atom is 0.131 e. The molecule has 1 aromatic rings. The van der Waals surface area contributed by atoms with E-state index in [-0.39, 0.29) is 0 Å². The van der Waals surface area contributed by atoms with Crippen LogP contribution >= 0.6 is 15.9 Å². The van der Waals surface area contributed by atoms with Gasteiger partial charge in [0.05, 0.1) is 10.2 Å². The summed E-state index contributed by atoms with van der Waals surface area (Å²) in [5.74, 6) is 1.51. The van der Waals surface area contributed by atoms with E-state index < -0.39 is 0 Å². The summed E-state index contributed by atoms with van der Waals surface area (Å²) in [5, 5.41) is 0. The van der Waals surface area contributed by atoms with E-state index >= 15 is 0 Å². The second-order valence-corrected chi connectivity index (χ2v) is 4.36. The molecule has 1 aliphatic carbocycles. The number of rotatable bonds is 4. The minimum absolute atomic E-state index is 0.528. The molecule has 0 aliphatic heterocycles. The molecule has 2 rings (SSSR count). The predicted octanol–water partition coefficient (Wildman–Crippen LogP) is 2.25. The zero-order valence-electron chi connectivity index (χ0n) is 7.74. The molecule has 74 valence electrons. The third-order valence-corrected chi connectivity index (χ3v) is 2.94. The van der Waals surface area contributed by atoms with Crippen molar-refractivity contribution in [2.75, 3.05) is 0 Å². The molecule has 0 radical (unpaired) electrons. The number of aryl methyl sites for hydroxylation is 1. The van der Waals surface area contributed by atoms with Gasteiger partial charge in [0.25, 0.3) is 0 Å². The number of nitrogens with zero attached hydrogens (tertiary/aromatic N) is 2. The van der Waals surface area contributed by atoms with Crippen molar-refractivity contribution in [2.24, 2.45) is 0 Å². The van der Waals surface area contributed by atoms with Crippen molar-refractivity contribution in [2.45, 2.75) is 31.6 Å². The number of halogens is 1. The molecule has 0 atom stereocenters. The van der Waals surface area contributed by atoms with E-state index in [1.165, 1.54) is 12.8 Å². The Labute approximate surface area is 91.1 Å². The Bertz CT molecular complexity index is 350. The molecule has 0 amide bonds. The monoisotopic (exact) mass is 254 g/mol. The molecule has 14 heavy (non-hydrogen) atoms. The maximum absolute atomic E-state index is 10.3. The van der Waals surface area contributed by atoms with E-state index in [4.69, 9.17) is 0 Å². The van der Waals surface area contributed by atoms with E-state index in [9.17, 15) is 4.79 Å². The van der Waals surface area contributed by atoms with Gasteiger partial charge >= 0.3 is 0 Å². The maximum atomic E-state index is 10.3. The Morgan fingerprint density at radius 1 is 1.57 bits per heavy atom. The van der Waals surface area contributed by atoms with Crippen LogP contribution in [0.1, 0.15) is 36.7 Å². The molecule has 0 aromatic carbocycles. The van der Waals surface area contributed by atoms with Crippen LogP contribution in [0.3, 0.4) is 0 Å². The summed E-state index contributed by atoms with van der Waals surface area (Å²) in [7, 11) is 0. The Hall–Kier alpha value is -0.770. The fraction of sp³-hybridized carbons (Fsp3) is 0.500. The highest BCUT2D eigenvalue weighted by Gasteiger charge is 2.26. The minimum Gasteiger partial charge on any atom is -0.303 e. The molecule has 0 bridgehead atoms. The van der Waals surface area contributed by atoms with Gasteiger partial charge in [-0.25, -0.2) is 9.97 Å². The first-order chi connectivity index (χ1) is 6.81. The first-order valence-corrected chi connectivity index (χ1v) is 5.55. The van der Waals surface area contributed by atoms with Crippen molar-refractivity contribution < 1.29 is 4.79 Å². The molecule has 4 heteroatoms. The van der Waals surface area contributed by atoms with Crippen LogP contribution in [0.15, 0.2) is 10.7 Å². The minimum atomic E-state index is 0.528. The number of aromatic nitrogens is 2. The second-order valence-electron chi connectivity index (χ2n) is 3.50. The summed E-state index contributed by atoms with van der Waals surface area (Å²) in [4.78, 5) is 19.0. The van der Waals surface area contributed by atoms with Crippen molar-refractivity contribution in [3.63, 3.8) is 0 Å². The van der Waals surface area contributed by atoms with Crippen LogP contribution in [0.25, 0.3) is 0 Å². The topological polar surface area (TPSA) is 42.9 Å². The van der Waals surface area contributed by atoms with Gasteiger partial charge in [0, 0.05) is 18.5 Å². The predicted molar refractivity (Wildman–Crippen MR) is 56.1 cm³/mol. The van der Waals surface area contributed by atoms with Crippen molar-refractivity contribution >= 4 is 22.2 Å². The summed E-state index contributed by atoms with van der Waals surface area (Å²) >= 11 is 3.39. The smallest absolute Gasteiger partial charge is 0.131 e. The summed E-state index contributed by atoms with van der Waals surface area (Å²) in [6.45, 7) is 0. The zero-order chi connectivity index (χ0) is 9.97. The lowest BCUT2D eigenvalue weighted by Gasteiger charge is -2.03. The Balaban J connectivity index is 2.18. The van der Waals surface area contributed by atoms with Crippen LogP contribution < -0.4 is 0 Å². The van der Waals surface area contributed by atoms with Gasteiger partial charge < -0.3 is 4.79 Å². The molecule has 0 N–H and O–H groups in total. The third kappa shape index (κ3) is 2.18. The van der Waals surface area contributed by atoms with Crippen LogP contribution in [-0.4, -0.2) is 16.3 Å². The second kappa shape index (κ2) is 4.17. The standard InChI is InChI=1S/C10H11BrN2O/c11-8-6-12-10(7-3-4-7)13-9(8)2-1-5-14/h5-7H,1-4H2. The van der Waals surface area contributed by atoms with E-state index in [0.29, 0.717) is 18.8 Å². The number of hydrogen-bond donors (Lipinski definition) is 0. The molecule has 3 nitrogen and oxygen atoms in total. The fourth-order valence-corrected chi connectivity index (χ4v) is 1.72. The van der Waals surface area contributed by atoms with Gasteiger partial charge in [-0.2, -0.15) is 0 Å². The highest BCUT2D eigenvalue weighted by molar-refractivity contribution is 9.10. The average Bonchev–Trinajstić information content (AvgIpc) is 3.00. The molecular formula is C10H11BrN2O. The van der Waals surface area contributed by atoms with E-state index in [2.05, 4.69) is 25.9 Å². The Morgan fingerprint density at radius 3 is 3.00 bits per heavy atom. The Kier molecular flexibility index (Phi) is 2.91. The molecule has 1 aromatic heterocycles. The molecule has 0 spiro atoms. The molecule has 1 saturated carbocycles. The van der Waals surface area contributed by atoms with Crippen LogP contribution in [0.2, 0.25) is 0 Å². The van der Waals surface area contributed by atoms with Crippen LogP contribution in [-0.2, 0) is 11.2 Å². The summed E-state index contributed by atoms with van der Waals surface area (Å²) < 4.78 is 0.906. The zero-order valence-corrected chi connectivity index (χ0v) is 9.33. The highest BCUT2D eigenvalue weighted by Crippen LogP contribution is 2.38. The number of aldehydes is 1. The van der Waals surface area contributed by atoms with Crippen LogP contribution in [0, 0.1) is 0 Å². The third-order valence-electron chi connectivity index (χ3n) is 2.28. The average molecular weight is 255 g/mol. The van der Waals surface area contributed by atoms with Crippen LogP contribution in [0.5, 0.6) is 0 Å². The molecule has 1 heterocycles. The highest BCUT2D eigenvalue weighted by atomic mass is 79.9. The van der Waals surface area contributed by atoms with Gasteiger partial charge in [0.2, 0.25) is 0 Å². The van der Waals surface area contributed by atoms with E-state index in [0.717, 1.165) is 22.3 Å². The van der Waals surface area contributed by atoms with Gasteiger partial charge in [-0.3, -0.25) is 0 Å². The first-order valence-electron chi connectivity index (χ1n) is 4.76. The molecule has 0 saturated heterocycles. The van der Waals surface area contributed by atoms with Gasteiger partial charge in [0.1, 0.15) is 12.1 Å². The van der Waals surface area contributed by atoms with Crippen LogP contribution in [0.4, 0.5) is 0 Å². The SMILES string of the molecule is O=CCCc1nc(C2CC2)ncc1Br. The fourth-order valence-electron chi connectivity index (χ4n) is 1.33. The molecule has 1 fully saturated rings. The van der Waals surface area contributed by atoms with Gasteiger partial charge in [0.15, 0.2) is 0 Å². The quantitative estimate of drug-likeness (QED) is 0.775. The number of hydrogen-bond acceptors (Lipinski definition) is 3. The number of carbonyl (C=O) groups excluding carboxylic acids is 1. The van der Waals surface area contributed by atoms with Crippen molar-refractivity contribution in [1.82, 2.24) is 9.97 Å². The molecular weight excluding hydrogens is 244 g/mol. The largest absolute Gasteiger partial charge is 0.303 e. The molecule has 0 unspecified atom stereocenters. The summed E-state index contributed by atoms with van der Waals surface area (Å²) in [5.41, 5.74) is 0.953. The number of carbonyl (C=O) groups is 1. The normalized spacial score (nSPS) is 15.5. The lowest BCUT2D eigenvalue weighted by Crippen LogP contribution is -1.99. The van der Waals surface area contributed by atoms with E-state index in [1.807, 2.05) is 0 Å². The lowest BCUT2D eigenvalue weighted by molar-refractivity contribution is -0.107. The summed E-state index contributed by atoms with van der Waals surface area (Å²) in [6, 6.07) is 0. The van der Waals surface area contributed by atoms with Gasteiger partial charge in [-0.05, 0) is 35.2 Å². The van der Waals surface area contributed by atoms with Crippen molar-refractivity contribution in [3.8, 4) is 0 Å². The summed E-state index contributed by atoms with van der Waals surface area (Å²) in [6.07, 6.45) is 6.35. The van der Waals surface area contributed by atoms with Gasteiger partial charge in [-0.15, -0.1) is 0 Å². The Morgan fingerprint density at radius 2 is 2.36 bits per heavy atom.